The molecule has 0 fully saturated rings. The standard InChI is InChI=1S/C9H21NO2Si/c1-8(2,3)12-7(11)10-13-9(4,5)6/h13H2,1-6H3,(H,10,11). The molecule has 0 aliphatic heterocycles. The molecule has 0 aliphatic carbocycles. The third-order valence-corrected chi connectivity index (χ3v) is 2.69. The fourth-order valence-electron chi connectivity index (χ4n) is 0.652. The number of hydrogen-bond acceptors (Lipinski definition) is 2. The zero-order valence-corrected chi connectivity index (χ0v) is 10.9. The van der Waals surface area contributed by atoms with E-state index >= 15 is 0 Å². The number of carbonyl (C=O) groups is 1. The van der Waals surface area contributed by atoms with Crippen LogP contribution in [-0.4, -0.2) is 21.4 Å². The fraction of sp³-hybridized carbons (Fsp3) is 0.889. The van der Waals surface area contributed by atoms with Crippen LogP contribution in [0, 0.1) is 0 Å². The molecule has 13 heavy (non-hydrogen) atoms. The zero-order chi connectivity index (χ0) is 10.7. The summed E-state index contributed by atoms with van der Waals surface area (Å²) in [5, 5.41) is 0.233. The minimum absolute atomic E-state index is 0.233. The van der Waals surface area contributed by atoms with E-state index in [-0.39, 0.29) is 11.1 Å². The van der Waals surface area contributed by atoms with Crippen LogP contribution in [0.4, 0.5) is 4.79 Å². The monoisotopic (exact) mass is 203 g/mol. The van der Waals surface area contributed by atoms with Gasteiger partial charge in [-0.15, -0.1) is 0 Å². The summed E-state index contributed by atoms with van der Waals surface area (Å²) in [6.45, 7) is 12.0. The smallest absolute Gasteiger partial charge is 0.399 e. The van der Waals surface area contributed by atoms with Gasteiger partial charge in [-0.05, 0) is 25.8 Å². The summed E-state index contributed by atoms with van der Waals surface area (Å²) in [6.07, 6.45) is -0.283. The van der Waals surface area contributed by atoms with Gasteiger partial charge < -0.3 is 9.72 Å². The lowest BCUT2D eigenvalue weighted by Crippen LogP contribution is -2.37. The van der Waals surface area contributed by atoms with E-state index < -0.39 is 15.3 Å². The Labute approximate surface area is 83.1 Å². The van der Waals surface area contributed by atoms with Crippen molar-refractivity contribution in [3.8, 4) is 0 Å². The van der Waals surface area contributed by atoms with Crippen LogP contribution in [0.15, 0.2) is 0 Å². The Hall–Kier alpha value is -0.513. The maximum atomic E-state index is 11.2. The van der Waals surface area contributed by atoms with Crippen LogP contribution in [0.2, 0.25) is 5.04 Å². The molecule has 0 saturated carbocycles. The number of carbonyl (C=O) groups excluding carboxylic acids is 1. The summed E-state index contributed by atoms with van der Waals surface area (Å²) < 4.78 is 5.12. The predicted octanol–water partition coefficient (Wildman–Crippen LogP) is 1.81. The fourth-order valence-corrected chi connectivity index (χ4v) is 1.40. The molecule has 0 aliphatic rings. The molecule has 0 radical (unpaired) electrons. The van der Waals surface area contributed by atoms with Gasteiger partial charge in [0, 0.05) is 0 Å². The third kappa shape index (κ3) is 9.40. The molecule has 1 N–H and O–H groups in total. The van der Waals surface area contributed by atoms with Crippen molar-refractivity contribution in [2.75, 3.05) is 0 Å². The van der Waals surface area contributed by atoms with Gasteiger partial charge in [-0.25, -0.2) is 4.79 Å². The van der Waals surface area contributed by atoms with Crippen LogP contribution in [-0.2, 0) is 4.74 Å². The van der Waals surface area contributed by atoms with E-state index in [1.165, 1.54) is 0 Å². The predicted molar refractivity (Wildman–Crippen MR) is 57.6 cm³/mol. The van der Waals surface area contributed by atoms with Gasteiger partial charge in [0.1, 0.15) is 15.3 Å². The summed E-state index contributed by atoms with van der Waals surface area (Å²) in [5.41, 5.74) is -0.392. The van der Waals surface area contributed by atoms with E-state index in [0.717, 1.165) is 0 Å². The molecule has 0 aromatic carbocycles. The molecule has 4 heteroatoms. The van der Waals surface area contributed by atoms with E-state index in [4.69, 9.17) is 4.74 Å². The van der Waals surface area contributed by atoms with Crippen molar-refractivity contribution in [3.63, 3.8) is 0 Å². The summed E-state index contributed by atoms with van der Waals surface area (Å²) in [4.78, 5) is 14.1. The van der Waals surface area contributed by atoms with Crippen molar-refractivity contribution < 1.29 is 9.53 Å². The number of hydrogen-bond donors (Lipinski definition) is 1. The topological polar surface area (TPSA) is 38.3 Å². The molecular formula is C9H21NO2Si. The Morgan fingerprint density at radius 3 is 1.92 bits per heavy atom. The van der Waals surface area contributed by atoms with E-state index in [0.29, 0.717) is 0 Å². The Morgan fingerprint density at radius 1 is 1.15 bits per heavy atom. The van der Waals surface area contributed by atoms with Gasteiger partial charge in [0.25, 0.3) is 0 Å². The number of ether oxygens (including phenoxy) is 1. The molecule has 3 nitrogen and oxygen atoms in total. The Kier molecular flexibility index (Phi) is 3.97. The van der Waals surface area contributed by atoms with E-state index in [2.05, 4.69) is 25.8 Å². The molecule has 0 saturated heterocycles. The maximum absolute atomic E-state index is 11.2. The highest BCUT2D eigenvalue weighted by Gasteiger charge is 2.18. The van der Waals surface area contributed by atoms with Crippen molar-refractivity contribution >= 4 is 15.8 Å². The summed E-state index contributed by atoms with van der Waals surface area (Å²) in [5.74, 6) is 0. The zero-order valence-electron chi connectivity index (χ0n) is 9.52. The van der Waals surface area contributed by atoms with Crippen molar-refractivity contribution in [2.24, 2.45) is 0 Å². The quantitative estimate of drug-likeness (QED) is 0.660. The summed E-state index contributed by atoms with van der Waals surface area (Å²) >= 11 is 0. The van der Waals surface area contributed by atoms with Gasteiger partial charge in [0.05, 0.1) is 0 Å². The number of nitrogens with one attached hydrogen (secondary N) is 1. The molecule has 0 heterocycles. The Bertz CT molecular complexity index is 179. The molecule has 0 atom stereocenters. The highest BCUT2D eigenvalue weighted by Crippen LogP contribution is 2.18. The van der Waals surface area contributed by atoms with Gasteiger partial charge in [-0.3, -0.25) is 0 Å². The largest absolute Gasteiger partial charge is 0.444 e. The highest BCUT2D eigenvalue weighted by molar-refractivity contribution is 6.40. The first kappa shape index (κ1) is 12.5. The minimum Gasteiger partial charge on any atom is -0.444 e. The highest BCUT2D eigenvalue weighted by atomic mass is 28.2. The van der Waals surface area contributed by atoms with E-state index in [9.17, 15) is 4.79 Å². The first-order valence-corrected chi connectivity index (χ1v) is 5.98. The lowest BCUT2D eigenvalue weighted by molar-refractivity contribution is 0.0567. The molecular weight excluding hydrogens is 182 g/mol. The van der Waals surface area contributed by atoms with Gasteiger partial charge >= 0.3 is 6.09 Å². The van der Waals surface area contributed by atoms with Crippen LogP contribution in [0.25, 0.3) is 0 Å². The molecule has 0 bridgehead atoms. The second-order valence-corrected chi connectivity index (χ2v) is 8.24. The second-order valence-electron chi connectivity index (χ2n) is 5.42. The molecule has 1 amide bonds. The van der Waals surface area contributed by atoms with Crippen LogP contribution < -0.4 is 4.98 Å². The Morgan fingerprint density at radius 2 is 1.62 bits per heavy atom. The maximum Gasteiger partial charge on any atom is 0.399 e. The second kappa shape index (κ2) is 4.13. The van der Waals surface area contributed by atoms with Gasteiger partial charge in [0.15, 0.2) is 0 Å². The SMILES string of the molecule is CC(C)(C)OC(=O)N[SiH2]C(C)(C)C. The molecule has 78 valence electrons. The van der Waals surface area contributed by atoms with Crippen molar-refractivity contribution in [3.05, 3.63) is 0 Å². The first-order chi connectivity index (χ1) is 5.60. The summed E-state index contributed by atoms with van der Waals surface area (Å²) in [7, 11) is -0.591. The minimum atomic E-state index is -0.591. The van der Waals surface area contributed by atoms with Crippen molar-refractivity contribution in [1.29, 1.82) is 0 Å². The van der Waals surface area contributed by atoms with Crippen LogP contribution in [0.1, 0.15) is 41.5 Å². The number of rotatable bonds is 1. The lowest BCUT2D eigenvalue weighted by Gasteiger charge is -2.22. The lowest BCUT2D eigenvalue weighted by atomic mass is 10.2. The molecule has 0 aromatic heterocycles. The molecule has 0 rings (SSSR count). The van der Waals surface area contributed by atoms with Crippen LogP contribution in [0.5, 0.6) is 0 Å². The Balaban J connectivity index is 3.78. The van der Waals surface area contributed by atoms with Gasteiger partial charge in [0.2, 0.25) is 0 Å². The van der Waals surface area contributed by atoms with Crippen LogP contribution >= 0.6 is 0 Å². The molecule has 0 aromatic rings. The average molecular weight is 203 g/mol. The van der Waals surface area contributed by atoms with Gasteiger partial charge in [-0.2, -0.15) is 0 Å². The molecule has 0 spiro atoms. The average Bonchev–Trinajstić information content (AvgIpc) is 1.78. The van der Waals surface area contributed by atoms with E-state index in [1.54, 1.807) is 0 Å². The number of amides is 1. The van der Waals surface area contributed by atoms with E-state index in [1.807, 2.05) is 20.8 Å². The van der Waals surface area contributed by atoms with Crippen molar-refractivity contribution in [2.45, 2.75) is 52.2 Å². The van der Waals surface area contributed by atoms with Crippen LogP contribution in [0.3, 0.4) is 0 Å². The third-order valence-electron chi connectivity index (χ3n) is 1.16. The van der Waals surface area contributed by atoms with Crippen molar-refractivity contribution in [1.82, 2.24) is 4.98 Å². The normalized spacial score (nSPS) is 13.4. The summed E-state index contributed by atoms with van der Waals surface area (Å²) in [6, 6.07) is 0. The van der Waals surface area contributed by atoms with Gasteiger partial charge in [-0.1, -0.05) is 20.8 Å². The first-order valence-electron chi connectivity index (χ1n) is 4.57. The molecule has 0 unspecified atom stereocenters.